The van der Waals surface area contributed by atoms with Gasteiger partial charge in [0.25, 0.3) is 0 Å². The van der Waals surface area contributed by atoms with Crippen LogP contribution in [0.25, 0.3) is 0 Å². The number of amides is 2. The summed E-state index contributed by atoms with van der Waals surface area (Å²) in [5.74, 6) is -1.05. The first-order chi connectivity index (χ1) is 26.4. The quantitative estimate of drug-likeness (QED) is 0.0952. The van der Waals surface area contributed by atoms with Crippen LogP contribution in [0.2, 0.25) is 10.0 Å². The summed E-state index contributed by atoms with van der Waals surface area (Å²) in [5.41, 5.74) is 2.75. The van der Waals surface area contributed by atoms with Crippen molar-refractivity contribution in [2.75, 3.05) is 18.5 Å². The average Bonchev–Trinajstić information content (AvgIpc) is 3.65. The SMILES string of the molecule is CC(C)(C)C[C@H]1N[C@@H](C(=O)NCC[C@H](O)COC(c2ccccc2)(c2ccccc2)c2ccccc2)[C@H](c2cccc(Cl)c2)[C@@]12C(=O)Nc1cc(Cl)ccc12. The molecule has 0 radical (unpaired) electrons. The van der Waals surface area contributed by atoms with Gasteiger partial charge in [0.15, 0.2) is 0 Å². The van der Waals surface area contributed by atoms with Gasteiger partial charge in [0.05, 0.1) is 18.8 Å². The van der Waals surface area contributed by atoms with Gasteiger partial charge in [-0.05, 0) is 70.3 Å². The summed E-state index contributed by atoms with van der Waals surface area (Å²) in [7, 11) is 0. The Morgan fingerprint density at radius 2 is 1.40 bits per heavy atom. The number of rotatable bonds is 12. The fraction of sp³-hybridized carbons (Fsp3) is 0.304. The van der Waals surface area contributed by atoms with Crippen LogP contribution in [0.3, 0.4) is 0 Å². The van der Waals surface area contributed by atoms with Crippen molar-refractivity contribution in [3.05, 3.63) is 171 Å². The highest BCUT2D eigenvalue weighted by atomic mass is 35.5. The van der Waals surface area contributed by atoms with Crippen LogP contribution < -0.4 is 16.0 Å². The van der Waals surface area contributed by atoms with Gasteiger partial charge in [0.1, 0.15) is 11.0 Å². The molecule has 2 aliphatic heterocycles. The number of aliphatic hydroxyl groups excluding tert-OH is 1. The van der Waals surface area contributed by atoms with E-state index < -0.39 is 35.1 Å². The summed E-state index contributed by atoms with van der Waals surface area (Å²) >= 11 is 13.0. The van der Waals surface area contributed by atoms with Crippen molar-refractivity contribution in [2.45, 2.75) is 68.7 Å². The van der Waals surface area contributed by atoms with Crippen molar-refractivity contribution in [3.8, 4) is 0 Å². The largest absolute Gasteiger partial charge is 0.391 e. The van der Waals surface area contributed by atoms with Gasteiger partial charge >= 0.3 is 0 Å². The Hall–Kier alpha value is -4.50. The Kier molecular flexibility index (Phi) is 11.2. The van der Waals surface area contributed by atoms with Gasteiger partial charge in [-0.25, -0.2) is 0 Å². The molecule has 2 aliphatic rings. The molecule has 284 valence electrons. The molecule has 4 N–H and O–H groups in total. The van der Waals surface area contributed by atoms with Gasteiger partial charge < -0.3 is 25.8 Å². The lowest BCUT2D eigenvalue weighted by molar-refractivity contribution is -0.124. The number of anilines is 1. The van der Waals surface area contributed by atoms with E-state index >= 15 is 0 Å². The highest BCUT2D eigenvalue weighted by molar-refractivity contribution is 6.31. The third-order valence-electron chi connectivity index (χ3n) is 10.9. The van der Waals surface area contributed by atoms with Crippen LogP contribution in [0, 0.1) is 5.41 Å². The van der Waals surface area contributed by atoms with Crippen LogP contribution in [0.5, 0.6) is 0 Å². The predicted octanol–water partition coefficient (Wildman–Crippen LogP) is 8.62. The number of aliphatic hydroxyl groups is 1. The second kappa shape index (κ2) is 15.9. The molecule has 7 rings (SSSR count). The van der Waals surface area contributed by atoms with Gasteiger partial charge in [0, 0.05) is 34.2 Å². The monoisotopic (exact) mass is 775 g/mol. The molecule has 0 unspecified atom stereocenters. The lowest BCUT2D eigenvalue weighted by Crippen LogP contribution is -2.49. The summed E-state index contributed by atoms with van der Waals surface area (Å²) in [6, 6.07) is 41.7. The molecule has 1 spiro atoms. The van der Waals surface area contributed by atoms with E-state index in [0.717, 1.165) is 27.8 Å². The number of benzene rings is 5. The lowest BCUT2D eigenvalue weighted by Gasteiger charge is -2.37. The molecule has 2 amide bonds. The van der Waals surface area contributed by atoms with Gasteiger partial charge in [-0.15, -0.1) is 0 Å². The van der Waals surface area contributed by atoms with Gasteiger partial charge in [0.2, 0.25) is 11.8 Å². The number of hydrogen-bond acceptors (Lipinski definition) is 5. The van der Waals surface area contributed by atoms with Crippen LogP contribution in [-0.2, 0) is 25.3 Å². The normalized spacial score (nSPS) is 21.3. The molecule has 1 saturated heterocycles. The van der Waals surface area contributed by atoms with E-state index in [9.17, 15) is 14.7 Å². The van der Waals surface area contributed by atoms with E-state index in [-0.39, 0.29) is 36.8 Å². The Morgan fingerprint density at radius 1 is 0.818 bits per heavy atom. The molecule has 7 nitrogen and oxygen atoms in total. The molecule has 9 heteroatoms. The van der Waals surface area contributed by atoms with Gasteiger partial charge in [-0.2, -0.15) is 0 Å². The van der Waals surface area contributed by atoms with Crippen LogP contribution in [0.1, 0.15) is 67.3 Å². The standard InChI is InChI=1S/C46H47Cl2N3O4/c1-44(2,3)28-39-45(37-23-22-35(48)27-38(37)50-43(45)54)40(30-14-13-21-34(47)26-30)41(51-39)42(53)49-25-24-36(52)29-55-46(31-15-7-4-8-16-31,32-17-9-5-10-18-32)33-19-11-6-12-20-33/h4-23,26-27,36,39-41,51-52H,24-25,28-29H2,1-3H3,(H,49,53)(H,50,54)/t36-,39+,40-,41+,45-/m0/s1. The third-order valence-corrected chi connectivity index (χ3v) is 11.4. The van der Waals surface area contributed by atoms with Crippen LogP contribution in [-0.4, -0.2) is 48.3 Å². The topological polar surface area (TPSA) is 99.7 Å². The second-order valence-corrected chi connectivity index (χ2v) is 16.7. The number of hydrogen-bond donors (Lipinski definition) is 4. The number of ether oxygens (including phenoxy) is 1. The van der Waals surface area contributed by atoms with E-state index in [4.69, 9.17) is 27.9 Å². The van der Waals surface area contributed by atoms with Crippen LogP contribution >= 0.6 is 23.2 Å². The van der Waals surface area contributed by atoms with Crippen molar-refractivity contribution in [1.82, 2.24) is 10.6 Å². The summed E-state index contributed by atoms with van der Waals surface area (Å²) < 4.78 is 6.83. The Balaban J connectivity index is 1.14. The minimum absolute atomic E-state index is 0.0116. The smallest absolute Gasteiger partial charge is 0.237 e. The summed E-state index contributed by atoms with van der Waals surface area (Å²) in [4.78, 5) is 28.9. The molecule has 5 atom stereocenters. The molecule has 1 fully saturated rings. The molecule has 5 aromatic rings. The van der Waals surface area contributed by atoms with E-state index in [1.807, 2.05) is 115 Å². The number of nitrogens with one attached hydrogen (secondary N) is 3. The minimum Gasteiger partial charge on any atom is -0.391 e. The van der Waals surface area contributed by atoms with E-state index in [1.165, 1.54) is 0 Å². The van der Waals surface area contributed by atoms with Crippen LogP contribution in [0.4, 0.5) is 5.69 Å². The zero-order chi connectivity index (χ0) is 38.8. The van der Waals surface area contributed by atoms with Gasteiger partial charge in [-0.1, -0.05) is 153 Å². The maximum Gasteiger partial charge on any atom is 0.237 e. The second-order valence-electron chi connectivity index (χ2n) is 15.8. The summed E-state index contributed by atoms with van der Waals surface area (Å²) in [6.45, 7) is 6.59. The highest BCUT2D eigenvalue weighted by Gasteiger charge is 2.65. The first-order valence-electron chi connectivity index (χ1n) is 18.8. The van der Waals surface area contributed by atoms with E-state index in [1.54, 1.807) is 18.2 Å². The number of fused-ring (bicyclic) bond motifs is 2. The van der Waals surface area contributed by atoms with Crippen molar-refractivity contribution >= 4 is 40.7 Å². The fourth-order valence-electron chi connectivity index (χ4n) is 8.67. The van der Waals surface area contributed by atoms with Crippen molar-refractivity contribution in [3.63, 3.8) is 0 Å². The van der Waals surface area contributed by atoms with Crippen LogP contribution in [0.15, 0.2) is 133 Å². The lowest BCUT2D eigenvalue weighted by atomic mass is 9.62. The Bertz CT molecular complexity index is 2030. The predicted molar refractivity (Wildman–Crippen MR) is 220 cm³/mol. The minimum atomic E-state index is -1.12. The third kappa shape index (κ3) is 7.57. The van der Waals surface area contributed by atoms with Gasteiger partial charge in [-0.3, -0.25) is 9.59 Å². The molecular weight excluding hydrogens is 729 g/mol. The first kappa shape index (κ1) is 38.8. The fourth-order valence-corrected chi connectivity index (χ4v) is 9.04. The maximum atomic E-state index is 14.5. The summed E-state index contributed by atoms with van der Waals surface area (Å²) in [6.07, 6.45) is -0.0355. The first-order valence-corrected chi connectivity index (χ1v) is 19.6. The molecule has 55 heavy (non-hydrogen) atoms. The zero-order valence-corrected chi connectivity index (χ0v) is 32.8. The molecule has 0 bridgehead atoms. The number of halogens is 2. The Labute approximate surface area is 333 Å². The maximum absolute atomic E-state index is 14.5. The summed E-state index contributed by atoms with van der Waals surface area (Å²) in [5, 5.41) is 22.3. The van der Waals surface area contributed by atoms with E-state index in [0.29, 0.717) is 22.2 Å². The van der Waals surface area contributed by atoms with Crippen molar-refractivity contribution in [2.24, 2.45) is 5.41 Å². The Morgan fingerprint density at radius 3 is 1.96 bits per heavy atom. The van der Waals surface area contributed by atoms with E-state index in [2.05, 4.69) is 36.7 Å². The number of carbonyl (C=O) groups excluding carboxylic acids is 2. The molecular formula is C46H47Cl2N3O4. The molecule has 0 aliphatic carbocycles. The molecule has 0 aromatic heterocycles. The number of carbonyl (C=O) groups is 2. The highest BCUT2D eigenvalue weighted by Crippen LogP contribution is 2.56. The molecule has 0 saturated carbocycles. The average molecular weight is 777 g/mol. The van der Waals surface area contributed by atoms with Crippen molar-refractivity contribution < 1.29 is 19.4 Å². The molecule has 5 aromatic carbocycles. The molecule has 2 heterocycles. The van der Waals surface area contributed by atoms with Crippen molar-refractivity contribution in [1.29, 1.82) is 0 Å². The zero-order valence-electron chi connectivity index (χ0n) is 31.3.